The molecule has 0 atom stereocenters. The minimum Gasteiger partial charge on any atom is -0.482 e. The normalized spacial score (nSPS) is 10.3. The molecule has 0 bridgehead atoms. The van der Waals surface area contributed by atoms with Crippen LogP contribution in [0.25, 0.3) is 0 Å². The fraction of sp³-hybridized carbons (Fsp3) is 0.286. The van der Waals surface area contributed by atoms with Gasteiger partial charge in [0.2, 0.25) is 0 Å². The summed E-state index contributed by atoms with van der Waals surface area (Å²) in [5.41, 5.74) is 1.85. The van der Waals surface area contributed by atoms with Gasteiger partial charge in [-0.05, 0) is 49.7 Å². The maximum atomic E-state index is 12.7. The molecule has 0 aliphatic rings. The summed E-state index contributed by atoms with van der Waals surface area (Å²) < 4.78 is 5.09. The second-order valence-electron chi connectivity index (χ2n) is 6.82. The number of hydrogen-bond donors (Lipinski definition) is 3. The van der Waals surface area contributed by atoms with Crippen molar-refractivity contribution >= 4 is 23.6 Å². The standard InChI is InChI=1S/C21H25N3O5/c1-14(2)22-21(28)23-17-6-4-5-16(11-17)20(27)24(3)12-15-7-9-18(10-8-15)29-13-19(25)26/h4-11,14H,12-13H2,1-3H3,(H,25,26)(H2,22,23,28). The van der Waals surface area contributed by atoms with E-state index in [9.17, 15) is 14.4 Å². The highest BCUT2D eigenvalue weighted by Gasteiger charge is 2.13. The Kier molecular flexibility index (Phi) is 7.59. The van der Waals surface area contributed by atoms with E-state index in [1.807, 2.05) is 13.8 Å². The zero-order valence-corrected chi connectivity index (χ0v) is 16.6. The SMILES string of the molecule is CC(C)NC(=O)Nc1cccc(C(=O)N(C)Cc2ccc(OCC(=O)O)cc2)c1. The van der Waals surface area contributed by atoms with Gasteiger partial charge in [-0.3, -0.25) is 4.79 Å². The lowest BCUT2D eigenvalue weighted by atomic mass is 10.1. The predicted molar refractivity (Wildman–Crippen MR) is 109 cm³/mol. The van der Waals surface area contributed by atoms with Gasteiger partial charge in [0.05, 0.1) is 0 Å². The van der Waals surface area contributed by atoms with E-state index in [1.54, 1.807) is 60.5 Å². The van der Waals surface area contributed by atoms with Crippen LogP contribution in [-0.2, 0) is 11.3 Å². The van der Waals surface area contributed by atoms with Crippen LogP contribution in [0.4, 0.5) is 10.5 Å². The maximum absolute atomic E-state index is 12.7. The number of urea groups is 1. The summed E-state index contributed by atoms with van der Waals surface area (Å²) >= 11 is 0. The van der Waals surface area contributed by atoms with E-state index < -0.39 is 12.6 Å². The van der Waals surface area contributed by atoms with Crippen LogP contribution in [0.1, 0.15) is 29.8 Å². The van der Waals surface area contributed by atoms with E-state index in [0.717, 1.165) is 5.56 Å². The molecule has 0 radical (unpaired) electrons. The lowest BCUT2D eigenvalue weighted by Gasteiger charge is -2.18. The van der Waals surface area contributed by atoms with Gasteiger partial charge >= 0.3 is 12.0 Å². The molecule has 0 heterocycles. The topological polar surface area (TPSA) is 108 Å². The van der Waals surface area contributed by atoms with Crippen LogP contribution in [0.3, 0.4) is 0 Å². The monoisotopic (exact) mass is 399 g/mol. The molecule has 0 saturated heterocycles. The minimum atomic E-state index is -1.04. The van der Waals surface area contributed by atoms with Gasteiger partial charge in [-0.2, -0.15) is 0 Å². The predicted octanol–water partition coefficient (Wildman–Crippen LogP) is 2.95. The van der Waals surface area contributed by atoms with Gasteiger partial charge in [0.15, 0.2) is 6.61 Å². The second kappa shape index (κ2) is 10.1. The van der Waals surface area contributed by atoms with Crippen molar-refractivity contribution in [3.8, 4) is 5.75 Å². The Bertz CT molecular complexity index is 865. The summed E-state index contributed by atoms with van der Waals surface area (Å²) in [4.78, 5) is 36.6. The fourth-order valence-corrected chi connectivity index (χ4v) is 2.56. The number of carboxylic acid groups (broad SMARTS) is 1. The first kappa shape index (κ1) is 21.7. The number of aliphatic carboxylic acids is 1. The van der Waals surface area contributed by atoms with Crippen LogP contribution in [-0.4, -0.2) is 47.6 Å². The number of carbonyl (C=O) groups excluding carboxylic acids is 2. The quantitative estimate of drug-likeness (QED) is 0.632. The van der Waals surface area contributed by atoms with Crippen LogP contribution < -0.4 is 15.4 Å². The van der Waals surface area contributed by atoms with Crippen molar-refractivity contribution in [1.82, 2.24) is 10.2 Å². The van der Waals surface area contributed by atoms with E-state index >= 15 is 0 Å². The highest BCUT2D eigenvalue weighted by Crippen LogP contribution is 2.16. The first-order chi connectivity index (χ1) is 13.7. The smallest absolute Gasteiger partial charge is 0.341 e. The number of anilines is 1. The van der Waals surface area contributed by atoms with E-state index in [1.165, 1.54) is 0 Å². The molecule has 0 aromatic heterocycles. The van der Waals surface area contributed by atoms with Gasteiger partial charge in [-0.15, -0.1) is 0 Å². The second-order valence-corrected chi connectivity index (χ2v) is 6.82. The Morgan fingerprint density at radius 1 is 1.10 bits per heavy atom. The molecular formula is C21H25N3O5. The molecule has 2 rings (SSSR count). The largest absolute Gasteiger partial charge is 0.482 e. The Balaban J connectivity index is 1.98. The molecule has 3 amide bonds. The number of hydrogen-bond acceptors (Lipinski definition) is 4. The molecule has 8 heteroatoms. The third-order valence-corrected chi connectivity index (χ3v) is 3.84. The minimum absolute atomic E-state index is 0.00636. The molecule has 154 valence electrons. The van der Waals surface area contributed by atoms with E-state index in [0.29, 0.717) is 23.5 Å². The molecule has 0 aliphatic carbocycles. The molecule has 0 unspecified atom stereocenters. The van der Waals surface area contributed by atoms with Crippen molar-refractivity contribution in [1.29, 1.82) is 0 Å². The number of benzene rings is 2. The zero-order chi connectivity index (χ0) is 21.4. The zero-order valence-electron chi connectivity index (χ0n) is 16.6. The van der Waals surface area contributed by atoms with Crippen molar-refractivity contribution < 1.29 is 24.2 Å². The lowest BCUT2D eigenvalue weighted by Crippen LogP contribution is -2.34. The average molecular weight is 399 g/mol. The summed E-state index contributed by atoms with van der Waals surface area (Å²) in [5.74, 6) is -0.787. The molecule has 0 saturated carbocycles. The first-order valence-corrected chi connectivity index (χ1v) is 9.11. The van der Waals surface area contributed by atoms with Gasteiger partial charge < -0.3 is 25.4 Å². The van der Waals surface area contributed by atoms with Crippen molar-refractivity contribution in [3.63, 3.8) is 0 Å². The highest BCUT2D eigenvalue weighted by molar-refractivity contribution is 5.96. The maximum Gasteiger partial charge on any atom is 0.341 e. The Labute approximate surface area is 169 Å². The Morgan fingerprint density at radius 2 is 1.79 bits per heavy atom. The van der Waals surface area contributed by atoms with Crippen LogP contribution in [0.5, 0.6) is 5.75 Å². The fourth-order valence-electron chi connectivity index (χ4n) is 2.56. The van der Waals surface area contributed by atoms with Crippen LogP contribution in [0, 0.1) is 0 Å². The molecular weight excluding hydrogens is 374 g/mol. The van der Waals surface area contributed by atoms with Gasteiger partial charge in [0, 0.05) is 30.9 Å². The summed E-state index contributed by atoms with van der Waals surface area (Å²) in [6, 6.07) is 13.3. The number of ether oxygens (including phenoxy) is 1. The van der Waals surface area contributed by atoms with Crippen molar-refractivity contribution in [2.75, 3.05) is 19.0 Å². The van der Waals surface area contributed by atoms with Gasteiger partial charge in [-0.25, -0.2) is 9.59 Å². The van der Waals surface area contributed by atoms with E-state index in [-0.39, 0.29) is 18.0 Å². The van der Waals surface area contributed by atoms with Gasteiger partial charge in [0.25, 0.3) is 5.91 Å². The summed E-state index contributed by atoms with van der Waals surface area (Å²) in [7, 11) is 1.68. The van der Waals surface area contributed by atoms with E-state index in [4.69, 9.17) is 9.84 Å². The molecule has 0 spiro atoms. The number of carboxylic acids is 1. The molecule has 2 aromatic rings. The van der Waals surface area contributed by atoms with Crippen molar-refractivity contribution in [2.24, 2.45) is 0 Å². The first-order valence-electron chi connectivity index (χ1n) is 9.11. The summed E-state index contributed by atoms with van der Waals surface area (Å²) in [6.45, 7) is 3.68. The highest BCUT2D eigenvalue weighted by atomic mass is 16.5. The molecule has 29 heavy (non-hydrogen) atoms. The van der Waals surface area contributed by atoms with Crippen molar-refractivity contribution in [3.05, 3.63) is 59.7 Å². The molecule has 0 fully saturated rings. The van der Waals surface area contributed by atoms with Crippen molar-refractivity contribution in [2.45, 2.75) is 26.4 Å². The number of rotatable bonds is 8. The number of amides is 3. The number of nitrogens with one attached hydrogen (secondary N) is 2. The van der Waals surface area contributed by atoms with Gasteiger partial charge in [-0.1, -0.05) is 18.2 Å². The molecule has 0 aliphatic heterocycles. The molecule has 8 nitrogen and oxygen atoms in total. The average Bonchev–Trinajstić information content (AvgIpc) is 2.66. The molecule has 3 N–H and O–H groups in total. The molecule has 2 aromatic carbocycles. The van der Waals surface area contributed by atoms with Crippen LogP contribution in [0.15, 0.2) is 48.5 Å². The number of nitrogens with zero attached hydrogens (tertiary/aromatic N) is 1. The number of carbonyl (C=O) groups is 3. The van der Waals surface area contributed by atoms with Crippen LogP contribution in [0.2, 0.25) is 0 Å². The summed E-state index contributed by atoms with van der Waals surface area (Å²) in [5, 5.41) is 14.1. The van der Waals surface area contributed by atoms with Crippen LogP contribution >= 0.6 is 0 Å². The third kappa shape index (κ3) is 7.17. The lowest BCUT2D eigenvalue weighted by molar-refractivity contribution is -0.139. The third-order valence-electron chi connectivity index (χ3n) is 3.84. The summed E-state index contributed by atoms with van der Waals surface area (Å²) in [6.07, 6.45) is 0. The Morgan fingerprint density at radius 3 is 2.41 bits per heavy atom. The van der Waals surface area contributed by atoms with Gasteiger partial charge in [0.1, 0.15) is 5.75 Å². The van der Waals surface area contributed by atoms with E-state index in [2.05, 4.69) is 10.6 Å². The Hall–Kier alpha value is -3.55.